The molecular formula is C35H54N2. The first-order valence-corrected chi connectivity index (χ1v) is 17.0. The topological polar surface area (TPSA) is 6.48 Å². The number of likely N-dealkylation sites (tertiary alicyclic amines) is 2. The van der Waals surface area contributed by atoms with Crippen molar-refractivity contribution >= 4 is 0 Å². The second-order valence-electron chi connectivity index (χ2n) is 15.6. The molecule has 204 valence electrons. The van der Waals surface area contributed by atoms with Crippen LogP contribution >= 0.6 is 0 Å². The van der Waals surface area contributed by atoms with E-state index in [0.29, 0.717) is 0 Å². The van der Waals surface area contributed by atoms with Crippen LogP contribution in [0.4, 0.5) is 0 Å². The smallest absolute Gasteiger partial charge is 0.0350 e. The van der Waals surface area contributed by atoms with Crippen molar-refractivity contribution in [3.05, 3.63) is 22.5 Å². The summed E-state index contributed by atoms with van der Waals surface area (Å²) in [5.41, 5.74) is 7.91. The first-order valence-electron chi connectivity index (χ1n) is 17.0. The summed E-state index contributed by atoms with van der Waals surface area (Å²) >= 11 is 0. The molecule has 0 aromatic rings. The van der Waals surface area contributed by atoms with Crippen LogP contribution in [0.25, 0.3) is 0 Å². The third-order valence-electron chi connectivity index (χ3n) is 14.0. The summed E-state index contributed by atoms with van der Waals surface area (Å²) in [5, 5.41) is 0. The lowest BCUT2D eigenvalue weighted by Crippen LogP contribution is -2.42. The number of hydrogen-bond donors (Lipinski definition) is 0. The average molecular weight is 503 g/mol. The Morgan fingerprint density at radius 3 is 1.43 bits per heavy atom. The van der Waals surface area contributed by atoms with E-state index in [9.17, 15) is 0 Å². The Morgan fingerprint density at radius 1 is 0.541 bits per heavy atom. The molecule has 8 rings (SSSR count). The molecular weight excluding hydrogens is 448 g/mol. The van der Waals surface area contributed by atoms with Crippen molar-refractivity contribution in [2.75, 3.05) is 14.1 Å². The molecule has 0 amide bonds. The van der Waals surface area contributed by atoms with Crippen molar-refractivity contribution in [1.29, 1.82) is 0 Å². The zero-order valence-corrected chi connectivity index (χ0v) is 24.4. The monoisotopic (exact) mass is 502 g/mol. The minimum absolute atomic E-state index is 0.839. The Morgan fingerprint density at radius 2 is 0.973 bits per heavy atom. The molecule has 0 radical (unpaired) electrons. The molecule has 0 N–H and O–H groups in total. The van der Waals surface area contributed by atoms with Crippen LogP contribution in [-0.4, -0.2) is 36.0 Å². The van der Waals surface area contributed by atoms with Crippen LogP contribution in [0, 0.1) is 59.2 Å². The van der Waals surface area contributed by atoms with Crippen LogP contribution in [0.3, 0.4) is 0 Å². The zero-order chi connectivity index (χ0) is 25.0. The minimum Gasteiger partial charge on any atom is -0.374 e. The standard InChI is InChI=1S/C35H54N2/c1-20-13-15-30-28(17-20)32-24-11-7-5-9-22(24)26(34(32)36(30)3)19-27-23-10-6-8-12-25(23)33-29-18-21(2)14-16-31(29)37(4)35(27)33/h20-31H,5-19H2,1-4H3. The SMILES string of the molecule is CC1CCC2C(C1)C1=C(C(CC3C4=C(C5CCCCC53)C3CC(C)CCC3N4C)C3CCCCC13)N2C. The number of hydrogen-bond acceptors (Lipinski definition) is 2. The zero-order valence-electron chi connectivity index (χ0n) is 24.4. The summed E-state index contributed by atoms with van der Waals surface area (Å²) in [6, 6.07) is 1.68. The van der Waals surface area contributed by atoms with Crippen molar-refractivity contribution in [2.45, 2.75) is 122 Å². The van der Waals surface area contributed by atoms with Crippen molar-refractivity contribution in [2.24, 2.45) is 59.2 Å². The minimum atomic E-state index is 0.839. The van der Waals surface area contributed by atoms with Crippen LogP contribution in [0.1, 0.15) is 110 Å². The lowest BCUT2D eigenvalue weighted by molar-refractivity contribution is 0.0949. The quantitative estimate of drug-likeness (QED) is 0.375. The fourth-order valence-corrected chi connectivity index (χ4v) is 12.7. The lowest BCUT2D eigenvalue weighted by atomic mass is 9.65. The third-order valence-corrected chi connectivity index (χ3v) is 14.0. The van der Waals surface area contributed by atoms with E-state index >= 15 is 0 Å². The van der Waals surface area contributed by atoms with Gasteiger partial charge in [0.25, 0.3) is 0 Å². The maximum atomic E-state index is 2.91. The Hall–Kier alpha value is -0.920. The predicted octanol–water partition coefficient (Wildman–Crippen LogP) is 8.26. The van der Waals surface area contributed by atoms with Crippen LogP contribution in [0.2, 0.25) is 0 Å². The van der Waals surface area contributed by atoms with E-state index in [4.69, 9.17) is 0 Å². The van der Waals surface area contributed by atoms with Gasteiger partial charge in [-0.2, -0.15) is 0 Å². The fourth-order valence-electron chi connectivity index (χ4n) is 12.7. The molecule has 0 bridgehead atoms. The van der Waals surface area contributed by atoms with Crippen molar-refractivity contribution in [3.8, 4) is 0 Å². The summed E-state index contributed by atoms with van der Waals surface area (Å²) in [7, 11) is 5.08. The molecule has 0 aromatic carbocycles. The van der Waals surface area contributed by atoms with Crippen LogP contribution in [0.5, 0.6) is 0 Å². The Balaban J connectivity index is 1.17. The summed E-state index contributed by atoms with van der Waals surface area (Å²) in [6.07, 6.45) is 22.3. The van der Waals surface area contributed by atoms with Gasteiger partial charge in [0.2, 0.25) is 0 Å². The second kappa shape index (κ2) is 8.79. The number of allylic oxidation sites excluding steroid dienone is 2. The normalized spacial score (nSPS) is 50.6. The largest absolute Gasteiger partial charge is 0.374 e. The molecule has 8 aliphatic rings. The maximum absolute atomic E-state index is 2.91. The Labute approximate surface area is 227 Å². The van der Waals surface area contributed by atoms with Crippen molar-refractivity contribution < 1.29 is 0 Å². The molecule has 2 aliphatic heterocycles. The van der Waals surface area contributed by atoms with E-state index in [0.717, 1.165) is 71.3 Å². The molecule has 12 unspecified atom stereocenters. The number of rotatable bonds is 2. The van der Waals surface area contributed by atoms with Crippen LogP contribution < -0.4 is 0 Å². The van der Waals surface area contributed by atoms with E-state index in [-0.39, 0.29) is 0 Å². The molecule has 12 atom stereocenters. The maximum Gasteiger partial charge on any atom is 0.0350 e. The highest BCUT2D eigenvalue weighted by molar-refractivity contribution is 5.40. The molecule has 0 saturated heterocycles. The molecule has 2 heteroatoms. The Bertz CT molecular complexity index is 913. The molecule has 2 nitrogen and oxygen atoms in total. The number of nitrogens with zero attached hydrogens (tertiary/aromatic N) is 2. The molecule has 4 fully saturated rings. The lowest BCUT2D eigenvalue weighted by Gasteiger charge is -2.45. The van der Waals surface area contributed by atoms with Gasteiger partial charge < -0.3 is 9.80 Å². The van der Waals surface area contributed by atoms with E-state index in [2.05, 4.69) is 37.7 Å². The highest BCUT2D eigenvalue weighted by Crippen LogP contribution is 2.65. The summed E-state index contributed by atoms with van der Waals surface area (Å²) in [4.78, 5) is 5.83. The third kappa shape index (κ3) is 3.35. The molecule has 0 spiro atoms. The van der Waals surface area contributed by atoms with Gasteiger partial charge in [0.05, 0.1) is 0 Å². The van der Waals surface area contributed by atoms with Gasteiger partial charge in [-0.25, -0.2) is 0 Å². The molecule has 2 heterocycles. The van der Waals surface area contributed by atoms with Gasteiger partial charge in [0.1, 0.15) is 0 Å². The summed E-state index contributed by atoms with van der Waals surface area (Å²) in [6.45, 7) is 5.09. The second-order valence-corrected chi connectivity index (χ2v) is 15.6. The number of fused-ring (bicyclic) bond motifs is 8. The average Bonchev–Trinajstić information content (AvgIpc) is 3.58. The van der Waals surface area contributed by atoms with Gasteiger partial charge in [-0.05, 0) is 117 Å². The highest BCUT2D eigenvalue weighted by Gasteiger charge is 2.58. The molecule has 4 saturated carbocycles. The van der Waals surface area contributed by atoms with Gasteiger partial charge >= 0.3 is 0 Å². The predicted molar refractivity (Wildman–Crippen MR) is 153 cm³/mol. The van der Waals surface area contributed by atoms with E-state index in [1.54, 1.807) is 0 Å². The van der Waals surface area contributed by atoms with Crippen LogP contribution in [0.15, 0.2) is 22.5 Å². The van der Waals surface area contributed by atoms with Crippen molar-refractivity contribution in [3.63, 3.8) is 0 Å². The van der Waals surface area contributed by atoms with E-state index < -0.39 is 0 Å². The summed E-state index contributed by atoms with van der Waals surface area (Å²) < 4.78 is 0. The van der Waals surface area contributed by atoms with Gasteiger partial charge in [-0.15, -0.1) is 0 Å². The fraction of sp³-hybridized carbons (Fsp3) is 0.886. The highest BCUT2D eigenvalue weighted by atomic mass is 15.2. The van der Waals surface area contributed by atoms with Gasteiger partial charge in [-0.3, -0.25) is 0 Å². The van der Waals surface area contributed by atoms with E-state index in [1.807, 2.05) is 22.5 Å². The molecule has 37 heavy (non-hydrogen) atoms. The van der Waals surface area contributed by atoms with Gasteiger partial charge in [0.15, 0.2) is 0 Å². The Kier molecular flexibility index (Phi) is 5.68. The van der Waals surface area contributed by atoms with Crippen molar-refractivity contribution in [1.82, 2.24) is 9.80 Å². The van der Waals surface area contributed by atoms with E-state index in [1.165, 1.54) is 96.3 Å². The first kappa shape index (κ1) is 23.9. The summed E-state index contributed by atoms with van der Waals surface area (Å²) in [5.74, 6) is 9.23. The molecule has 6 aliphatic carbocycles. The van der Waals surface area contributed by atoms with Gasteiger partial charge in [0, 0.05) is 61.2 Å². The van der Waals surface area contributed by atoms with Crippen LogP contribution in [-0.2, 0) is 0 Å². The first-order chi connectivity index (χ1) is 18.0. The molecule has 0 aromatic heterocycles. The van der Waals surface area contributed by atoms with Gasteiger partial charge in [-0.1, -0.05) is 39.5 Å².